The Labute approximate surface area is 145 Å². The quantitative estimate of drug-likeness (QED) is 0.808. The number of likely N-dealkylation sites (N-methyl/N-ethyl adjacent to an activating group) is 1. The van der Waals surface area contributed by atoms with Crippen molar-refractivity contribution in [2.75, 3.05) is 31.3 Å². The fourth-order valence-corrected chi connectivity index (χ4v) is 2.98. The van der Waals surface area contributed by atoms with Crippen LogP contribution in [0.2, 0.25) is 0 Å². The Balaban J connectivity index is 2.00. The van der Waals surface area contributed by atoms with E-state index in [0.29, 0.717) is 23.6 Å². The standard InChI is InChI=1S/C17H22N4O2S/c1-4-6-16-20-14(11-24-16)17(23)19-13-8-5-7-12(9-13)18-15(22)10-21(2)3/h5,7-9,11H,4,6,10H2,1-3H3,(H,18,22)(H,19,23). The molecule has 1 aromatic heterocycles. The SMILES string of the molecule is CCCc1nc(C(=O)Nc2cccc(NC(=O)CN(C)C)c2)cs1. The van der Waals surface area contributed by atoms with E-state index in [2.05, 4.69) is 22.5 Å². The zero-order valence-corrected chi connectivity index (χ0v) is 14.9. The molecule has 1 heterocycles. The lowest BCUT2D eigenvalue weighted by molar-refractivity contribution is -0.116. The maximum atomic E-state index is 12.2. The van der Waals surface area contributed by atoms with E-state index in [1.165, 1.54) is 11.3 Å². The second-order valence-corrected chi connectivity index (χ2v) is 6.64. The number of nitrogens with zero attached hydrogens (tertiary/aromatic N) is 2. The third-order valence-electron chi connectivity index (χ3n) is 3.11. The molecule has 0 spiro atoms. The van der Waals surface area contributed by atoms with E-state index in [1.54, 1.807) is 34.5 Å². The lowest BCUT2D eigenvalue weighted by Gasteiger charge is -2.11. The van der Waals surface area contributed by atoms with Crippen LogP contribution in [0.1, 0.15) is 28.8 Å². The summed E-state index contributed by atoms with van der Waals surface area (Å²) in [5.41, 5.74) is 1.68. The van der Waals surface area contributed by atoms with Crippen LogP contribution >= 0.6 is 11.3 Å². The molecule has 2 N–H and O–H groups in total. The summed E-state index contributed by atoms with van der Waals surface area (Å²) in [5.74, 6) is -0.349. The number of aryl methyl sites for hydroxylation is 1. The number of carbonyl (C=O) groups excluding carboxylic acids is 2. The van der Waals surface area contributed by atoms with Gasteiger partial charge in [0.2, 0.25) is 5.91 Å². The fraction of sp³-hybridized carbons (Fsp3) is 0.353. The zero-order valence-electron chi connectivity index (χ0n) is 14.1. The molecule has 0 bridgehead atoms. The van der Waals surface area contributed by atoms with Crippen LogP contribution in [0.15, 0.2) is 29.6 Å². The molecular weight excluding hydrogens is 324 g/mol. The van der Waals surface area contributed by atoms with Crippen LogP contribution in [0.4, 0.5) is 11.4 Å². The zero-order chi connectivity index (χ0) is 17.5. The molecule has 24 heavy (non-hydrogen) atoms. The number of amides is 2. The smallest absolute Gasteiger partial charge is 0.275 e. The minimum atomic E-state index is -0.245. The second-order valence-electron chi connectivity index (χ2n) is 5.70. The molecular formula is C17H22N4O2S. The first-order valence-electron chi connectivity index (χ1n) is 7.78. The first kappa shape index (κ1) is 18.1. The van der Waals surface area contributed by atoms with Crippen LogP contribution in [0.5, 0.6) is 0 Å². The molecule has 7 heteroatoms. The molecule has 6 nitrogen and oxygen atoms in total. The number of aromatic nitrogens is 1. The van der Waals surface area contributed by atoms with E-state index in [1.807, 2.05) is 14.1 Å². The Morgan fingerprint density at radius 1 is 1.21 bits per heavy atom. The Morgan fingerprint density at radius 3 is 2.58 bits per heavy atom. The van der Waals surface area contributed by atoms with Gasteiger partial charge in [-0.15, -0.1) is 11.3 Å². The third-order valence-corrected chi connectivity index (χ3v) is 4.02. The number of benzene rings is 1. The highest BCUT2D eigenvalue weighted by molar-refractivity contribution is 7.09. The van der Waals surface area contributed by atoms with E-state index in [4.69, 9.17) is 0 Å². The van der Waals surface area contributed by atoms with Gasteiger partial charge in [-0.2, -0.15) is 0 Å². The van der Waals surface area contributed by atoms with Gasteiger partial charge in [0, 0.05) is 16.8 Å². The van der Waals surface area contributed by atoms with Crippen molar-refractivity contribution in [2.45, 2.75) is 19.8 Å². The minimum absolute atomic E-state index is 0.104. The van der Waals surface area contributed by atoms with Crippen molar-refractivity contribution in [1.82, 2.24) is 9.88 Å². The first-order valence-corrected chi connectivity index (χ1v) is 8.66. The highest BCUT2D eigenvalue weighted by atomic mass is 32.1. The van der Waals surface area contributed by atoms with E-state index < -0.39 is 0 Å². The largest absolute Gasteiger partial charge is 0.325 e. The van der Waals surface area contributed by atoms with Crippen LogP contribution in [0, 0.1) is 0 Å². The van der Waals surface area contributed by atoms with E-state index in [0.717, 1.165) is 17.8 Å². The summed E-state index contributed by atoms with van der Waals surface area (Å²) in [6.07, 6.45) is 1.88. The van der Waals surface area contributed by atoms with Gasteiger partial charge in [-0.05, 0) is 45.1 Å². The predicted octanol–water partition coefficient (Wildman–Crippen LogP) is 2.85. The molecule has 0 saturated heterocycles. The maximum Gasteiger partial charge on any atom is 0.275 e. The average Bonchev–Trinajstić information content (AvgIpc) is 2.96. The molecule has 2 amide bonds. The molecule has 0 aliphatic carbocycles. The highest BCUT2D eigenvalue weighted by Gasteiger charge is 2.11. The highest BCUT2D eigenvalue weighted by Crippen LogP contribution is 2.17. The molecule has 0 saturated carbocycles. The molecule has 0 aliphatic rings. The molecule has 128 valence electrons. The summed E-state index contributed by atoms with van der Waals surface area (Å²) >= 11 is 1.50. The van der Waals surface area contributed by atoms with Crippen molar-refractivity contribution in [1.29, 1.82) is 0 Å². The van der Waals surface area contributed by atoms with Crippen LogP contribution in [-0.4, -0.2) is 42.3 Å². The van der Waals surface area contributed by atoms with Crippen LogP contribution in [-0.2, 0) is 11.2 Å². The van der Waals surface area contributed by atoms with Gasteiger partial charge < -0.3 is 15.5 Å². The molecule has 0 fully saturated rings. The number of anilines is 2. The van der Waals surface area contributed by atoms with Crippen molar-refractivity contribution < 1.29 is 9.59 Å². The van der Waals surface area contributed by atoms with Gasteiger partial charge in [0.15, 0.2) is 0 Å². The number of rotatable bonds is 7. The lowest BCUT2D eigenvalue weighted by atomic mass is 10.2. The van der Waals surface area contributed by atoms with Crippen molar-refractivity contribution in [3.63, 3.8) is 0 Å². The van der Waals surface area contributed by atoms with Gasteiger partial charge in [-0.3, -0.25) is 9.59 Å². The summed E-state index contributed by atoms with van der Waals surface area (Å²) in [7, 11) is 3.66. The molecule has 0 atom stereocenters. The minimum Gasteiger partial charge on any atom is -0.325 e. The molecule has 0 radical (unpaired) electrons. The summed E-state index contributed by atoms with van der Waals surface area (Å²) in [6.45, 7) is 2.38. The Bertz CT molecular complexity index is 712. The number of hydrogen-bond donors (Lipinski definition) is 2. The van der Waals surface area contributed by atoms with Crippen molar-refractivity contribution >= 4 is 34.5 Å². The Hall–Kier alpha value is -2.25. The Morgan fingerprint density at radius 2 is 1.92 bits per heavy atom. The molecule has 0 unspecified atom stereocenters. The van der Waals surface area contributed by atoms with Gasteiger partial charge in [-0.25, -0.2) is 4.98 Å². The fourth-order valence-electron chi connectivity index (χ4n) is 2.10. The topological polar surface area (TPSA) is 74.3 Å². The number of hydrogen-bond acceptors (Lipinski definition) is 5. The number of thiazole rings is 1. The van der Waals surface area contributed by atoms with E-state index in [-0.39, 0.29) is 11.8 Å². The monoisotopic (exact) mass is 346 g/mol. The second kappa shape index (κ2) is 8.56. The normalized spacial score (nSPS) is 10.7. The molecule has 2 aromatic rings. The Kier molecular flexibility index (Phi) is 6.45. The van der Waals surface area contributed by atoms with Gasteiger partial charge in [0.05, 0.1) is 11.6 Å². The summed E-state index contributed by atoms with van der Waals surface area (Å²) < 4.78 is 0. The van der Waals surface area contributed by atoms with Gasteiger partial charge in [0.1, 0.15) is 5.69 Å². The van der Waals surface area contributed by atoms with E-state index >= 15 is 0 Å². The van der Waals surface area contributed by atoms with Gasteiger partial charge in [-0.1, -0.05) is 13.0 Å². The summed E-state index contributed by atoms with van der Waals surface area (Å²) in [5, 5.41) is 8.35. The van der Waals surface area contributed by atoms with Crippen molar-refractivity contribution in [2.24, 2.45) is 0 Å². The predicted molar refractivity (Wildman–Crippen MR) is 97.7 cm³/mol. The molecule has 0 aliphatic heterocycles. The van der Waals surface area contributed by atoms with Crippen molar-refractivity contribution in [3.05, 3.63) is 40.3 Å². The van der Waals surface area contributed by atoms with Crippen LogP contribution in [0.3, 0.4) is 0 Å². The summed E-state index contributed by atoms with van der Waals surface area (Å²) in [4.78, 5) is 30.2. The lowest BCUT2D eigenvalue weighted by Crippen LogP contribution is -2.27. The molecule has 1 aromatic carbocycles. The van der Waals surface area contributed by atoms with Crippen LogP contribution in [0.25, 0.3) is 0 Å². The van der Waals surface area contributed by atoms with E-state index in [9.17, 15) is 9.59 Å². The summed E-state index contributed by atoms with van der Waals surface area (Å²) in [6, 6.07) is 7.07. The van der Waals surface area contributed by atoms with Crippen LogP contribution < -0.4 is 10.6 Å². The third kappa shape index (κ3) is 5.43. The van der Waals surface area contributed by atoms with Gasteiger partial charge >= 0.3 is 0 Å². The number of carbonyl (C=O) groups is 2. The first-order chi connectivity index (χ1) is 11.5. The molecule has 2 rings (SSSR count). The average molecular weight is 346 g/mol. The van der Waals surface area contributed by atoms with Gasteiger partial charge in [0.25, 0.3) is 5.91 Å². The number of nitrogens with one attached hydrogen (secondary N) is 2. The van der Waals surface area contributed by atoms with Crippen molar-refractivity contribution in [3.8, 4) is 0 Å². The maximum absolute atomic E-state index is 12.2.